The predicted octanol–water partition coefficient (Wildman–Crippen LogP) is 0.801. The highest BCUT2D eigenvalue weighted by atomic mass is 32.2. The molecule has 0 heterocycles. The molecule has 1 fully saturated rings. The average Bonchev–Trinajstić information content (AvgIpc) is 3.01. The summed E-state index contributed by atoms with van der Waals surface area (Å²) < 4.78 is 25.6. The zero-order chi connectivity index (χ0) is 11.9. The highest BCUT2D eigenvalue weighted by molar-refractivity contribution is 7.98. The Morgan fingerprint density at radius 3 is 2.62 bits per heavy atom. The van der Waals surface area contributed by atoms with Crippen molar-refractivity contribution < 1.29 is 8.42 Å². The summed E-state index contributed by atoms with van der Waals surface area (Å²) in [4.78, 5) is 0. The van der Waals surface area contributed by atoms with E-state index < -0.39 is 10.0 Å². The number of sulfonamides is 1. The van der Waals surface area contributed by atoms with Gasteiger partial charge < -0.3 is 5.32 Å². The molecule has 0 unspecified atom stereocenters. The smallest absolute Gasteiger partial charge is 0.211 e. The van der Waals surface area contributed by atoms with Crippen LogP contribution in [0.4, 0.5) is 0 Å². The third-order valence-corrected chi connectivity index (χ3v) is 4.56. The van der Waals surface area contributed by atoms with Crippen LogP contribution >= 0.6 is 11.8 Å². The molecular formula is C10H22N2O2S2. The summed E-state index contributed by atoms with van der Waals surface area (Å²) in [7, 11) is -3.03. The first-order valence-corrected chi connectivity index (χ1v) is 8.88. The number of hydrogen-bond donors (Lipinski definition) is 2. The summed E-state index contributed by atoms with van der Waals surface area (Å²) in [6, 6.07) is 0.719. The molecule has 0 spiro atoms. The Kier molecular flexibility index (Phi) is 6.72. The highest BCUT2D eigenvalue weighted by Crippen LogP contribution is 2.18. The van der Waals surface area contributed by atoms with Crippen LogP contribution in [-0.2, 0) is 10.0 Å². The van der Waals surface area contributed by atoms with Gasteiger partial charge in [0.2, 0.25) is 10.0 Å². The van der Waals surface area contributed by atoms with Crippen LogP contribution in [0.15, 0.2) is 0 Å². The Morgan fingerprint density at radius 2 is 2.00 bits per heavy atom. The van der Waals surface area contributed by atoms with Gasteiger partial charge >= 0.3 is 0 Å². The first-order valence-electron chi connectivity index (χ1n) is 5.84. The van der Waals surface area contributed by atoms with E-state index in [-0.39, 0.29) is 5.75 Å². The molecule has 1 aliphatic rings. The predicted molar refractivity (Wildman–Crippen MR) is 70.4 cm³/mol. The summed E-state index contributed by atoms with van der Waals surface area (Å²) in [6.07, 6.45) is 6.23. The van der Waals surface area contributed by atoms with Crippen LogP contribution in [0.5, 0.6) is 0 Å². The van der Waals surface area contributed by atoms with Crippen molar-refractivity contribution in [2.45, 2.75) is 31.7 Å². The Morgan fingerprint density at radius 1 is 1.25 bits per heavy atom. The van der Waals surface area contributed by atoms with Gasteiger partial charge in [-0.25, -0.2) is 13.1 Å². The van der Waals surface area contributed by atoms with E-state index in [1.165, 1.54) is 12.8 Å². The quantitative estimate of drug-likeness (QED) is 0.574. The van der Waals surface area contributed by atoms with E-state index in [1.54, 1.807) is 11.8 Å². The van der Waals surface area contributed by atoms with Gasteiger partial charge in [-0.3, -0.25) is 0 Å². The SMILES string of the molecule is CSCCNS(=O)(=O)CCCCNC1CC1. The third kappa shape index (κ3) is 7.49. The number of unbranched alkanes of at least 4 members (excludes halogenated alkanes) is 1. The molecule has 16 heavy (non-hydrogen) atoms. The van der Waals surface area contributed by atoms with Crippen LogP contribution in [0.3, 0.4) is 0 Å². The second-order valence-corrected chi connectivity index (χ2v) is 7.05. The van der Waals surface area contributed by atoms with Crippen molar-refractivity contribution in [2.75, 3.05) is 30.9 Å². The molecular weight excluding hydrogens is 244 g/mol. The molecule has 1 saturated carbocycles. The molecule has 4 nitrogen and oxygen atoms in total. The molecule has 0 aromatic rings. The van der Waals surface area contributed by atoms with E-state index in [2.05, 4.69) is 10.0 Å². The Labute approximate surface area is 103 Å². The average molecular weight is 266 g/mol. The molecule has 0 amide bonds. The number of thioether (sulfide) groups is 1. The molecule has 1 aliphatic carbocycles. The van der Waals surface area contributed by atoms with Gasteiger partial charge in [-0.05, 0) is 38.5 Å². The van der Waals surface area contributed by atoms with Gasteiger partial charge in [-0.1, -0.05) is 0 Å². The fourth-order valence-corrected chi connectivity index (χ4v) is 2.96. The fourth-order valence-electron chi connectivity index (χ4n) is 1.38. The minimum atomic E-state index is -3.03. The maximum absolute atomic E-state index is 11.5. The van der Waals surface area contributed by atoms with Crippen LogP contribution in [-0.4, -0.2) is 45.3 Å². The van der Waals surface area contributed by atoms with Crippen molar-refractivity contribution in [1.82, 2.24) is 10.0 Å². The van der Waals surface area contributed by atoms with E-state index in [1.807, 2.05) is 6.26 Å². The lowest BCUT2D eigenvalue weighted by molar-refractivity contribution is 0.575. The molecule has 0 bridgehead atoms. The minimum absolute atomic E-state index is 0.258. The maximum atomic E-state index is 11.5. The lowest BCUT2D eigenvalue weighted by atomic mass is 10.3. The van der Waals surface area contributed by atoms with Crippen LogP contribution in [0, 0.1) is 0 Å². The summed E-state index contributed by atoms with van der Waals surface area (Å²) in [5.74, 6) is 1.09. The zero-order valence-corrected chi connectivity index (χ0v) is 11.5. The van der Waals surface area contributed by atoms with Gasteiger partial charge in [0.15, 0.2) is 0 Å². The van der Waals surface area contributed by atoms with Crippen LogP contribution in [0.1, 0.15) is 25.7 Å². The molecule has 0 atom stereocenters. The molecule has 0 saturated heterocycles. The second kappa shape index (κ2) is 7.53. The van der Waals surface area contributed by atoms with Crippen LogP contribution in [0.2, 0.25) is 0 Å². The Balaban J connectivity index is 1.96. The molecule has 2 N–H and O–H groups in total. The van der Waals surface area contributed by atoms with Crippen molar-refractivity contribution in [3.63, 3.8) is 0 Å². The van der Waals surface area contributed by atoms with Gasteiger partial charge in [0.05, 0.1) is 5.75 Å². The van der Waals surface area contributed by atoms with E-state index in [0.29, 0.717) is 6.54 Å². The van der Waals surface area contributed by atoms with E-state index >= 15 is 0 Å². The molecule has 96 valence electrons. The summed E-state index contributed by atoms with van der Waals surface area (Å²) in [5.41, 5.74) is 0. The van der Waals surface area contributed by atoms with Gasteiger partial charge in [0.1, 0.15) is 0 Å². The van der Waals surface area contributed by atoms with Crippen LogP contribution in [0.25, 0.3) is 0 Å². The van der Waals surface area contributed by atoms with Crippen molar-refractivity contribution in [2.24, 2.45) is 0 Å². The first kappa shape index (κ1) is 14.3. The van der Waals surface area contributed by atoms with Crippen molar-refractivity contribution >= 4 is 21.8 Å². The molecule has 0 aliphatic heterocycles. The van der Waals surface area contributed by atoms with Crippen molar-refractivity contribution in [3.8, 4) is 0 Å². The largest absolute Gasteiger partial charge is 0.314 e. The zero-order valence-electron chi connectivity index (χ0n) is 9.87. The summed E-state index contributed by atoms with van der Waals surface area (Å²) >= 11 is 1.65. The molecule has 0 radical (unpaired) electrons. The fraction of sp³-hybridized carbons (Fsp3) is 1.00. The summed E-state index contributed by atoms with van der Waals surface area (Å²) in [6.45, 7) is 1.49. The van der Waals surface area contributed by atoms with Crippen molar-refractivity contribution in [3.05, 3.63) is 0 Å². The molecule has 0 aromatic carbocycles. The van der Waals surface area contributed by atoms with Crippen molar-refractivity contribution in [1.29, 1.82) is 0 Å². The topological polar surface area (TPSA) is 58.2 Å². The maximum Gasteiger partial charge on any atom is 0.211 e. The minimum Gasteiger partial charge on any atom is -0.314 e. The number of hydrogen-bond acceptors (Lipinski definition) is 4. The molecule has 1 rings (SSSR count). The normalized spacial score (nSPS) is 16.6. The monoisotopic (exact) mass is 266 g/mol. The molecule has 0 aromatic heterocycles. The van der Waals surface area contributed by atoms with E-state index in [9.17, 15) is 8.42 Å². The third-order valence-electron chi connectivity index (χ3n) is 2.48. The number of nitrogens with one attached hydrogen (secondary N) is 2. The van der Waals surface area contributed by atoms with Crippen LogP contribution < -0.4 is 10.0 Å². The highest BCUT2D eigenvalue weighted by Gasteiger charge is 2.19. The standard InChI is InChI=1S/C10H22N2O2S2/c1-15-8-7-12-16(13,14)9-3-2-6-11-10-4-5-10/h10-12H,2-9H2,1H3. The lowest BCUT2D eigenvalue weighted by Gasteiger charge is -2.06. The van der Waals surface area contributed by atoms with Gasteiger partial charge in [0, 0.05) is 18.3 Å². The number of rotatable bonds is 10. The van der Waals surface area contributed by atoms with E-state index in [0.717, 1.165) is 31.2 Å². The van der Waals surface area contributed by atoms with E-state index in [4.69, 9.17) is 0 Å². The second-order valence-electron chi connectivity index (χ2n) is 4.14. The lowest BCUT2D eigenvalue weighted by Crippen LogP contribution is -2.29. The Hall–Kier alpha value is 0.220. The van der Waals surface area contributed by atoms with Gasteiger partial charge in [-0.2, -0.15) is 11.8 Å². The van der Waals surface area contributed by atoms with Gasteiger partial charge in [0.25, 0.3) is 0 Å². The first-order chi connectivity index (χ1) is 7.64. The summed E-state index contributed by atoms with van der Waals surface area (Å²) in [5, 5.41) is 3.38. The molecule has 6 heteroatoms. The Bertz CT molecular complexity index is 277. The van der Waals surface area contributed by atoms with Gasteiger partial charge in [-0.15, -0.1) is 0 Å².